The minimum absolute atomic E-state index is 0.246. The number of halogens is 3. The smallest absolute Gasteiger partial charge is 0.0652 e. The summed E-state index contributed by atoms with van der Waals surface area (Å²) in [5.74, 6) is 0. The van der Waals surface area contributed by atoms with Gasteiger partial charge in [-0.05, 0) is 26.0 Å². The van der Waals surface area contributed by atoms with E-state index in [2.05, 4.69) is 5.32 Å². The molecule has 0 aliphatic rings. The average Bonchev–Trinajstić information content (AvgIpc) is 2.27. The number of hydrogen-bond donors (Lipinski definition) is 1. The summed E-state index contributed by atoms with van der Waals surface area (Å²) in [6.45, 7) is 6.00. The Bertz CT molecular complexity index is 369. The van der Waals surface area contributed by atoms with Crippen LogP contribution in [0.15, 0.2) is 12.1 Å². The van der Waals surface area contributed by atoms with Gasteiger partial charge in [-0.25, -0.2) is 0 Å². The van der Waals surface area contributed by atoms with Crippen molar-refractivity contribution >= 4 is 34.8 Å². The van der Waals surface area contributed by atoms with E-state index in [4.69, 9.17) is 39.5 Å². The zero-order valence-corrected chi connectivity index (χ0v) is 12.2. The van der Waals surface area contributed by atoms with E-state index >= 15 is 0 Å². The van der Waals surface area contributed by atoms with Crippen molar-refractivity contribution in [1.82, 2.24) is 5.32 Å². The van der Waals surface area contributed by atoms with Crippen molar-refractivity contribution in [2.75, 3.05) is 13.2 Å². The molecule has 0 bridgehead atoms. The first-order valence-corrected chi connectivity index (χ1v) is 6.60. The van der Waals surface area contributed by atoms with Gasteiger partial charge in [0.2, 0.25) is 0 Å². The summed E-state index contributed by atoms with van der Waals surface area (Å²) in [6, 6.07) is 3.44. The number of rotatable bonds is 6. The lowest BCUT2D eigenvalue weighted by molar-refractivity contribution is 0.0807. The molecule has 1 aromatic carbocycles. The fraction of sp³-hybridized carbons (Fsp3) is 0.500. The van der Waals surface area contributed by atoms with Crippen molar-refractivity contribution in [1.29, 1.82) is 0 Å². The van der Waals surface area contributed by atoms with Crippen LogP contribution in [0.5, 0.6) is 0 Å². The third-order valence-corrected chi connectivity index (χ3v) is 3.37. The van der Waals surface area contributed by atoms with E-state index < -0.39 is 0 Å². The van der Waals surface area contributed by atoms with Crippen molar-refractivity contribution < 1.29 is 4.74 Å². The summed E-state index contributed by atoms with van der Waals surface area (Å²) >= 11 is 18.0. The highest BCUT2D eigenvalue weighted by molar-refractivity contribution is 6.44. The SMILES string of the molecule is CC(C)OCCNCc1c(Cl)ccc(Cl)c1Cl. The van der Waals surface area contributed by atoms with Gasteiger partial charge in [-0.2, -0.15) is 0 Å². The van der Waals surface area contributed by atoms with Gasteiger partial charge >= 0.3 is 0 Å². The number of hydrogen-bond acceptors (Lipinski definition) is 2. The summed E-state index contributed by atoms with van der Waals surface area (Å²) < 4.78 is 5.41. The molecule has 0 amide bonds. The van der Waals surface area contributed by atoms with E-state index in [9.17, 15) is 0 Å². The molecule has 1 rings (SSSR count). The molecule has 5 heteroatoms. The summed E-state index contributed by atoms with van der Waals surface area (Å²) in [6.07, 6.45) is 0.246. The molecule has 0 heterocycles. The Morgan fingerprint density at radius 1 is 1.18 bits per heavy atom. The highest BCUT2D eigenvalue weighted by atomic mass is 35.5. The van der Waals surface area contributed by atoms with Crippen LogP contribution in [0, 0.1) is 0 Å². The van der Waals surface area contributed by atoms with E-state index in [1.165, 1.54) is 0 Å². The molecule has 0 unspecified atom stereocenters. The third kappa shape index (κ3) is 5.02. The van der Waals surface area contributed by atoms with Crippen LogP contribution in [0.3, 0.4) is 0 Å². The van der Waals surface area contributed by atoms with Crippen LogP contribution in [-0.4, -0.2) is 19.3 Å². The molecule has 96 valence electrons. The minimum atomic E-state index is 0.246. The zero-order chi connectivity index (χ0) is 12.8. The monoisotopic (exact) mass is 295 g/mol. The van der Waals surface area contributed by atoms with Gasteiger partial charge in [0.1, 0.15) is 0 Å². The van der Waals surface area contributed by atoms with E-state index in [1.807, 2.05) is 13.8 Å². The molecule has 0 saturated heterocycles. The van der Waals surface area contributed by atoms with Crippen molar-refractivity contribution in [3.8, 4) is 0 Å². The molecular formula is C12H16Cl3NO. The standard InChI is InChI=1S/C12H16Cl3NO/c1-8(2)17-6-5-16-7-9-10(13)3-4-11(14)12(9)15/h3-4,8,16H,5-7H2,1-2H3. The van der Waals surface area contributed by atoms with Crippen LogP contribution >= 0.6 is 34.8 Å². The maximum atomic E-state index is 6.07. The molecule has 0 radical (unpaired) electrons. The molecule has 17 heavy (non-hydrogen) atoms. The second-order valence-electron chi connectivity index (χ2n) is 3.92. The highest BCUT2D eigenvalue weighted by Gasteiger charge is 2.08. The molecule has 2 nitrogen and oxygen atoms in total. The first-order valence-electron chi connectivity index (χ1n) is 5.47. The van der Waals surface area contributed by atoms with Crippen molar-refractivity contribution in [3.05, 3.63) is 32.8 Å². The van der Waals surface area contributed by atoms with Gasteiger partial charge in [-0.1, -0.05) is 34.8 Å². The van der Waals surface area contributed by atoms with Gasteiger partial charge < -0.3 is 10.1 Å². The van der Waals surface area contributed by atoms with Gasteiger partial charge in [0.15, 0.2) is 0 Å². The predicted octanol–water partition coefficient (Wildman–Crippen LogP) is 4.16. The zero-order valence-electron chi connectivity index (χ0n) is 9.90. The van der Waals surface area contributed by atoms with E-state index in [-0.39, 0.29) is 6.10 Å². The Hall–Kier alpha value is 0.01000. The summed E-state index contributed by atoms with van der Waals surface area (Å²) in [7, 11) is 0. The molecule has 0 aliphatic carbocycles. The highest BCUT2D eigenvalue weighted by Crippen LogP contribution is 2.31. The molecule has 0 aliphatic heterocycles. The van der Waals surface area contributed by atoms with Crippen molar-refractivity contribution in [3.63, 3.8) is 0 Å². The second-order valence-corrected chi connectivity index (χ2v) is 5.11. The number of nitrogens with one attached hydrogen (secondary N) is 1. The molecule has 0 aromatic heterocycles. The summed E-state index contributed by atoms with van der Waals surface area (Å²) in [5.41, 5.74) is 0.824. The van der Waals surface area contributed by atoms with Crippen LogP contribution in [0.1, 0.15) is 19.4 Å². The van der Waals surface area contributed by atoms with Crippen molar-refractivity contribution in [2.24, 2.45) is 0 Å². The van der Waals surface area contributed by atoms with Gasteiger partial charge in [-0.15, -0.1) is 0 Å². The topological polar surface area (TPSA) is 21.3 Å². The molecule has 1 N–H and O–H groups in total. The molecule has 0 atom stereocenters. The molecule has 0 saturated carbocycles. The van der Waals surface area contributed by atoms with E-state index in [0.717, 1.165) is 12.1 Å². The number of ether oxygens (including phenoxy) is 1. The van der Waals surface area contributed by atoms with E-state index in [0.29, 0.717) is 28.2 Å². The van der Waals surface area contributed by atoms with Crippen LogP contribution in [0.4, 0.5) is 0 Å². The lowest BCUT2D eigenvalue weighted by atomic mass is 10.2. The normalized spacial score (nSPS) is 11.2. The van der Waals surface area contributed by atoms with Gasteiger partial charge in [0, 0.05) is 23.7 Å². The maximum absolute atomic E-state index is 6.07. The Morgan fingerprint density at radius 3 is 2.47 bits per heavy atom. The first kappa shape index (κ1) is 15.1. The third-order valence-electron chi connectivity index (χ3n) is 2.17. The summed E-state index contributed by atoms with van der Waals surface area (Å²) in [4.78, 5) is 0. The molecule has 1 aromatic rings. The minimum Gasteiger partial charge on any atom is -0.377 e. The Balaban J connectivity index is 2.44. The first-order chi connectivity index (χ1) is 8.02. The Kier molecular flexibility index (Phi) is 6.60. The van der Waals surface area contributed by atoms with Gasteiger partial charge in [0.25, 0.3) is 0 Å². The summed E-state index contributed by atoms with van der Waals surface area (Å²) in [5, 5.41) is 4.87. The molecule has 0 spiro atoms. The Labute approximate surface area is 117 Å². The van der Waals surface area contributed by atoms with Gasteiger partial charge in [0.05, 0.1) is 22.8 Å². The van der Waals surface area contributed by atoms with Crippen LogP contribution in [-0.2, 0) is 11.3 Å². The van der Waals surface area contributed by atoms with Crippen molar-refractivity contribution in [2.45, 2.75) is 26.5 Å². The Morgan fingerprint density at radius 2 is 1.82 bits per heavy atom. The van der Waals surface area contributed by atoms with Crippen LogP contribution in [0.2, 0.25) is 15.1 Å². The quantitative estimate of drug-likeness (QED) is 0.628. The second kappa shape index (κ2) is 7.45. The molecule has 0 fully saturated rings. The van der Waals surface area contributed by atoms with E-state index in [1.54, 1.807) is 12.1 Å². The lowest BCUT2D eigenvalue weighted by Crippen LogP contribution is -2.21. The molecular weight excluding hydrogens is 280 g/mol. The maximum Gasteiger partial charge on any atom is 0.0652 e. The lowest BCUT2D eigenvalue weighted by Gasteiger charge is -2.11. The van der Waals surface area contributed by atoms with Crippen LogP contribution < -0.4 is 5.32 Å². The average molecular weight is 297 g/mol. The largest absolute Gasteiger partial charge is 0.377 e. The number of benzene rings is 1. The predicted molar refractivity (Wildman–Crippen MR) is 74.3 cm³/mol. The fourth-order valence-electron chi connectivity index (χ4n) is 1.31. The van der Waals surface area contributed by atoms with Crippen LogP contribution in [0.25, 0.3) is 0 Å². The fourth-order valence-corrected chi connectivity index (χ4v) is 1.99. The van der Waals surface area contributed by atoms with Gasteiger partial charge in [-0.3, -0.25) is 0 Å².